The van der Waals surface area contributed by atoms with Crippen LogP contribution in [0.4, 0.5) is 16.2 Å². The fraction of sp³-hybridized carbons (Fsp3) is 0.280. The Morgan fingerprint density at radius 3 is 2.37 bits per heavy atom. The van der Waals surface area contributed by atoms with Gasteiger partial charge in [0.1, 0.15) is 11.4 Å². The zero-order chi connectivity index (χ0) is 21.7. The first-order chi connectivity index (χ1) is 14.2. The van der Waals surface area contributed by atoms with Crippen LogP contribution in [0.15, 0.2) is 66.9 Å². The van der Waals surface area contributed by atoms with E-state index in [2.05, 4.69) is 56.3 Å². The van der Waals surface area contributed by atoms with Crippen molar-refractivity contribution in [1.82, 2.24) is 4.98 Å². The molecular formula is C25H29N3O2. The third-order valence-corrected chi connectivity index (χ3v) is 4.77. The molecule has 0 atom stereocenters. The summed E-state index contributed by atoms with van der Waals surface area (Å²) in [6, 6.07) is 18.9. The molecule has 1 aromatic heterocycles. The van der Waals surface area contributed by atoms with E-state index in [9.17, 15) is 4.79 Å². The van der Waals surface area contributed by atoms with Crippen LogP contribution in [0.5, 0.6) is 11.6 Å². The molecule has 3 aromatic rings. The molecule has 2 aromatic carbocycles. The maximum Gasteiger partial charge on any atom is 0.323 e. The van der Waals surface area contributed by atoms with Gasteiger partial charge in [0.2, 0.25) is 5.88 Å². The van der Waals surface area contributed by atoms with Gasteiger partial charge >= 0.3 is 6.03 Å². The lowest BCUT2D eigenvalue weighted by atomic mass is 9.87. The average Bonchev–Trinajstić information content (AvgIpc) is 2.69. The predicted octanol–water partition coefficient (Wildman–Crippen LogP) is 6.94. The van der Waals surface area contributed by atoms with Crippen molar-refractivity contribution in [2.45, 2.75) is 46.0 Å². The van der Waals surface area contributed by atoms with Gasteiger partial charge in [-0.15, -0.1) is 0 Å². The van der Waals surface area contributed by atoms with Gasteiger partial charge in [0.05, 0.1) is 0 Å². The second-order valence-corrected chi connectivity index (χ2v) is 8.59. The molecular weight excluding hydrogens is 374 g/mol. The topological polar surface area (TPSA) is 63.2 Å². The Bertz CT molecular complexity index is 1010. The molecule has 0 bridgehead atoms. The van der Waals surface area contributed by atoms with Gasteiger partial charge in [-0.25, -0.2) is 9.78 Å². The number of nitrogens with zero attached hydrogens (tertiary/aromatic N) is 1. The van der Waals surface area contributed by atoms with E-state index in [1.165, 1.54) is 11.1 Å². The SMILES string of the molecule is CC(C)c1cccc(Oc2ncccc2NC(=O)Nc2ccc(C(C)(C)C)cc2)c1. The Labute approximate surface area is 178 Å². The Morgan fingerprint density at radius 1 is 0.967 bits per heavy atom. The summed E-state index contributed by atoms with van der Waals surface area (Å²) >= 11 is 0. The number of ether oxygens (including phenoxy) is 1. The summed E-state index contributed by atoms with van der Waals surface area (Å²) in [6.45, 7) is 10.7. The van der Waals surface area contributed by atoms with Crippen molar-refractivity contribution in [2.24, 2.45) is 0 Å². The number of benzene rings is 2. The molecule has 0 fully saturated rings. The Morgan fingerprint density at radius 2 is 1.70 bits per heavy atom. The Hall–Kier alpha value is -3.34. The van der Waals surface area contributed by atoms with Crippen LogP contribution in [-0.2, 0) is 5.41 Å². The van der Waals surface area contributed by atoms with Gasteiger partial charge in [-0.1, -0.05) is 58.9 Å². The number of carbonyl (C=O) groups excluding carboxylic acids is 1. The first-order valence-corrected chi connectivity index (χ1v) is 10.1. The number of nitrogens with one attached hydrogen (secondary N) is 2. The summed E-state index contributed by atoms with van der Waals surface area (Å²) < 4.78 is 5.95. The monoisotopic (exact) mass is 403 g/mol. The van der Waals surface area contributed by atoms with Crippen LogP contribution in [0.25, 0.3) is 0 Å². The second kappa shape index (κ2) is 8.99. The van der Waals surface area contributed by atoms with E-state index in [0.29, 0.717) is 23.2 Å². The Balaban J connectivity index is 1.70. The lowest BCUT2D eigenvalue weighted by Gasteiger charge is -2.19. The van der Waals surface area contributed by atoms with Crippen LogP contribution in [0, 0.1) is 0 Å². The van der Waals surface area contributed by atoms with Crippen molar-refractivity contribution in [3.8, 4) is 11.6 Å². The van der Waals surface area contributed by atoms with Crippen LogP contribution in [-0.4, -0.2) is 11.0 Å². The number of anilines is 2. The minimum absolute atomic E-state index is 0.0651. The maximum atomic E-state index is 12.5. The van der Waals surface area contributed by atoms with Gasteiger partial charge in [0, 0.05) is 11.9 Å². The number of urea groups is 1. The average molecular weight is 404 g/mol. The molecule has 0 aliphatic rings. The van der Waals surface area contributed by atoms with Crippen molar-refractivity contribution < 1.29 is 9.53 Å². The molecule has 3 rings (SSSR count). The molecule has 2 N–H and O–H groups in total. The van der Waals surface area contributed by atoms with Gasteiger partial charge in [-0.3, -0.25) is 0 Å². The van der Waals surface area contributed by atoms with Crippen molar-refractivity contribution >= 4 is 17.4 Å². The van der Waals surface area contributed by atoms with E-state index in [4.69, 9.17) is 4.74 Å². The van der Waals surface area contributed by atoms with Gasteiger partial charge in [-0.05, 0) is 58.9 Å². The van der Waals surface area contributed by atoms with Crippen molar-refractivity contribution in [3.05, 3.63) is 78.0 Å². The third-order valence-electron chi connectivity index (χ3n) is 4.77. The second-order valence-electron chi connectivity index (χ2n) is 8.59. The highest BCUT2D eigenvalue weighted by molar-refractivity contribution is 6.00. The van der Waals surface area contributed by atoms with Crippen molar-refractivity contribution in [1.29, 1.82) is 0 Å². The standard InChI is InChI=1S/C25H29N3O2/c1-17(2)18-8-6-9-21(16-18)30-23-22(10-7-15-26-23)28-24(29)27-20-13-11-19(12-14-20)25(3,4)5/h6-17H,1-5H3,(H2,27,28,29). The summed E-state index contributed by atoms with van der Waals surface area (Å²) in [5.74, 6) is 1.42. The highest BCUT2D eigenvalue weighted by atomic mass is 16.5. The van der Waals surface area contributed by atoms with Crippen molar-refractivity contribution in [2.75, 3.05) is 10.6 Å². The molecule has 0 saturated carbocycles. The van der Waals surface area contributed by atoms with Crippen LogP contribution in [0.2, 0.25) is 0 Å². The number of hydrogen-bond acceptors (Lipinski definition) is 3. The molecule has 0 unspecified atom stereocenters. The van der Waals surface area contributed by atoms with E-state index in [1.807, 2.05) is 42.5 Å². The van der Waals surface area contributed by atoms with Gasteiger partial charge in [-0.2, -0.15) is 0 Å². The minimum atomic E-state index is -0.354. The van der Waals surface area contributed by atoms with Gasteiger partial charge in [0.15, 0.2) is 0 Å². The molecule has 2 amide bonds. The lowest BCUT2D eigenvalue weighted by molar-refractivity contribution is 0.262. The van der Waals surface area contributed by atoms with Crippen LogP contribution in [0.1, 0.15) is 51.7 Å². The van der Waals surface area contributed by atoms with E-state index >= 15 is 0 Å². The normalized spacial score (nSPS) is 11.3. The zero-order valence-electron chi connectivity index (χ0n) is 18.2. The molecule has 0 spiro atoms. The summed E-state index contributed by atoms with van der Waals surface area (Å²) in [5, 5.41) is 5.67. The number of rotatable bonds is 5. The highest BCUT2D eigenvalue weighted by Gasteiger charge is 2.14. The Kier molecular flexibility index (Phi) is 6.40. The van der Waals surface area contributed by atoms with E-state index in [1.54, 1.807) is 18.3 Å². The molecule has 5 nitrogen and oxygen atoms in total. The van der Waals surface area contributed by atoms with Gasteiger partial charge in [0.25, 0.3) is 0 Å². The van der Waals surface area contributed by atoms with E-state index in [0.717, 1.165) is 5.69 Å². The summed E-state index contributed by atoms with van der Waals surface area (Å²) in [5.41, 5.74) is 3.66. The highest BCUT2D eigenvalue weighted by Crippen LogP contribution is 2.29. The number of carbonyl (C=O) groups is 1. The molecule has 0 aliphatic carbocycles. The van der Waals surface area contributed by atoms with E-state index in [-0.39, 0.29) is 11.4 Å². The first kappa shape index (κ1) is 21.4. The zero-order valence-corrected chi connectivity index (χ0v) is 18.2. The number of hydrogen-bond donors (Lipinski definition) is 2. The first-order valence-electron chi connectivity index (χ1n) is 10.1. The minimum Gasteiger partial charge on any atom is -0.437 e. The summed E-state index contributed by atoms with van der Waals surface area (Å²) in [7, 11) is 0. The van der Waals surface area contributed by atoms with Crippen LogP contribution < -0.4 is 15.4 Å². The lowest BCUT2D eigenvalue weighted by Crippen LogP contribution is -2.20. The fourth-order valence-electron chi connectivity index (χ4n) is 2.95. The van der Waals surface area contributed by atoms with Gasteiger partial charge < -0.3 is 15.4 Å². The molecule has 1 heterocycles. The number of amides is 2. The molecule has 0 saturated heterocycles. The molecule has 30 heavy (non-hydrogen) atoms. The van der Waals surface area contributed by atoms with Crippen LogP contribution >= 0.6 is 0 Å². The third kappa shape index (κ3) is 5.60. The number of aromatic nitrogens is 1. The molecule has 0 radical (unpaired) electrons. The predicted molar refractivity (Wildman–Crippen MR) is 123 cm³/mol. The molecule has 156 valence electrons. The molecule has 5 heteroatoms. The number of pyridine rings is 1. The summed E-state index contributed by atoms with van der Waals surface area (Å²) in [6.07, 6.45) is 1.63. The van der Waals surface area contributed by atoms with Crippen LogP contribution in [0.3, 0.4) is 0 Å². The van der Waals surface area contributed by atoms with E-state index < -0.39 is 0 Å². The summed E-state index contributed by atoms with van der Waals surface area (Å²) in [4.78, 5) is 16.8. The quantitative estimate of drug-likeness (QED) is 0.485. The smallest absolute Gasteiger partial charge is 0.323 e. The van der Waals surface area contributed by atoms with Crippen molar-refractivity contribution in [3.63, 3.8) is 0 Å². The maximum absolute atomic E-state index is 12.5. The fourth-order valence-corrected chi connectivity index (χ4v) is 2.95. The molecule has 0 aliphatic heterocycles. The largest absolute Gasteiger partial charge is 0.437 e.